The fourth-order valence-electron chi connectivity index (χ4n) is 3.48. The minimum Gasteiger partial charge on any atom is -0.474 e. The maximum Gasteiger partial charge on any atom is 0.431 e. The molecular weight excluding hydrogens is 401 g/mol. The topological polar surface area (TPSA) is 9.23 Å². The summed E-state index contributed by atoms with van der Waals surface area (Å²) in [6.45, 7) is 2.00. The van der Waals surface area contributed by atoms with Crippen molar-refractivity contribution in [2.75, 3.05) is 0 Å². The van der Waals surface area contributed by atoms with Crippen molar-refractivity contribution in [1.82, 2.24) is 0 Å². The maximum absolute atomic E-state index is 14.5. The smallest absolute Gasteiger partial charge is 0.431 e. The Kier molecular flexibility index (Phi) is 5.83. The zero-order chi connectivity index (χ0) is 21.4. The molecule has 8 heteroatoms. The number of fused-ring (bicyclic) bond motifs is 1. The van der Waals surface area contributed by atoms with Crippen LogP contribution in [0.15, 0.2) is 30.3 Å². The van der Waals surface area contributed by atoms with E-state index in [9.17, 15) is 30.7 Å². The first-order valence-corrected chi connectivity index (χ1v) is 9.25. The molecule has 0 N–H and O–H groups in total. The summed E-state index contributed by atoms with van der Waals surface area (Å²) in [5, 5.41) is 0. The van der Waals surface area contributed by atoms with Gasteiger partial charge in [0.2, 0.25) is 0 Å². The molecule has 158 valence electrons. The summed E-state index contributed by atoms with van der Waals surface area (Å²) in [6.07, 6.45) is -6.58. The number of alkyl halides is 5. The van der Waals surface area contributed by atoms with Gasteiger partial charge in [0.25, 0.3) is 12.0 Å². The molecule has 0 saturated heterocycles. The van der Waals surface area contributed by atoms with Gasteiger partial charge in [-0.2, -0.15) is 13.2 Å². The molecule has 1 aliphatic rings. The van der Waals surface area contributed by atoms with Crippen LogP contribution in [0.5, 0.6) is 5.75 Å². The van der Waals surface area contributed by atoms with Crippen LogP contribution in [0.4, 0.5) is 30.7 Å². The van der Waals surface area contributed by atoms with Crippen molar-refractivity contribution in [2.45, 2.75) is 57.2 Å². The van der Waals surface area contributed by atoms with E-state index in [-0.39, 0.29) is 16.9 Å². The van der Waals surface area contributed by atoms with E-state index in [4.69, 9.17) is 0 Å². The number of halogens is 7. The van der Waals surface area contributed by atoms with Crippen LogP contribution in [0, 0.1) is 11.6 Å². The third-order valence-electron chi connectivity index (χ3n) is 4.87. The summed E-state index contributed by atoms with van der Waals surface area (Å²) in [5.74, 6) is -6.27. The van der Waals surface area contributed by atoms with Gasteiger partial charge in [-0.3, -0.25) is 0 Å². The summed E-state index contributed by atoms with van der Waals surface area (Å²) in [4.78, 5) is 0. The molecule has 1 aliphatic heterocycles. The normalized spacial score (nSPS) is 18.3. The highest BCUT2D eigenvalue weighted by molar-refractivity contribution is 5.68. The first kappa shape index (κ1) is 21.5. The van der Waals surface area contributed by atoms with Gasteiger partial charge < -0.3 is 4.74 Å². The number of hydrogen-bond acceptors (Lipinski definition) is 1. The first-order chi connectivity index (χ1) is 13.5. The molecule has 0 radical (unpaired) electrons. The second kappa shape index (κ2) is 7.88. The zero-order valence-corrected chi connectivity index (χ0v) is 15.6. The van der Waals surface area contributed by atoms with E-state index in [0.29, 0.717) is 12.0 Å². The van der Waals surface area contributed by atoms with Gasteiger partial charge >= 0.3 is 6.18 Å². The van der Waals surface area contributed by atoms with Gasteiger partial charge in [-0.1, -0.05) is 25.8 Å². The molecule has 0 bridgehead atoms. The van der Waals surface area contributed by atoms with E-state index >= 15 is 0 Å². The van der Waals surface area contributed by atoms with Gasteiger partial charge in [0.05, 0.1) is 5.56 Å². The lowest BCUT2D eigenvalue weighted by atomic mass is 9.93. The van der Waals surface area contributed by atoms with Crippen LogP contribution in [0.1, 0.15) is 37.3 Å². The van der Waals surface area contributed by atoms with Crippen LogP contribution < -0.4 is 4.74 Å². The van der Waals surface area contributed by atoms with Crippen molar-refractivity contribution < 1.29 is 35.5 Å². The Morgan fingerprint density at radius 1 is 1.03 bits per heavy atom. The predicted molar refractivity (Wildman–Crippen MR) is 94.1 cm³/mol. The Bertz CT molecular complexity index is 866. The molecule has 0 aliphatic carbocycles. The average Bonchev–Trinajstić information content (AvgIpc) is 2.59. The van der Waals surface area contributed by atoms with E-state index in [1.54, 1.807) is 0 Å². The van der Waals surface area contributed by atoms with Crippen LogP contribution in [-0.4, -0.2) is 18.2 Å². The van der Waals surface area contributed by atoms with Gasteiger partial charge in [0.1, 0.15) is 17.4 Å². The fraction of sp³-hybridized carbons (Fsp3) is 0.429. The highest BCUT2D eigenvalue weighted by Gasteiger charge is 2.60. The highest BCUT2D eigenvalue weighted by Crippen LogP contribution is 2.44. The summed E-state index contributed by atoms with van der Waals surface area (Å²) in [5.41, 5.74) is -0.200. The molecular formula is C21H19F7O. The second-order valence-electron chi connectivity index (χ2n) is 7.19. The Morgan fingerprint density at radius 3 is 2.28 bits per heavy atom. The van der Waals surface area contributed by atoms with Gasteiger partial charge in [0.15, 0.2) is 0 Å². The number of ether oxygens (including phenoxy) is 1. The van der Waals surface area contributed by atoms with E-state index in [1.807, 2.05) is 6.92 Å². The van der Waals surface area contributed by atoms with Gasteiger partial charge in [-0.15, -0.1) is 0 Å². The Morgan fingerprint density at radius 2 is 1.69 bits per heavy atom. The Balaban J connectivity index is 1.93. The van der Waals surface area contributed by atoms with Crippen LogP contribution in [0.2, 0.25) is 0 Å². The third-order valence-corrected chi connectivity index (χ3v) is 4.87. The SMILES string of the molecule is CCCCCc1cc(F)c(-c2ccc3c(c2)CC(F)(F)C(C(F)(F)F)O3)c(F)c1. The van der Waals surface area contributed by atoms with Crippen molar-refractivity contribution >= 4 is 0 Å². The number of aryl methyl sites for hydroxylation is 1. The molecule has 0 fully saturated rings. The van der Waals surface area contributed by atoms with Crippen LogP contribution >= 0.6 is 0 Å². The van der Waals surface area contributed by atoms with E-state index in [1.165, 1.54) is 12.1 Å². The van der Waals surface area contributed by atoms with Gasteiger partial charge in [0, 0.05) is 12.0 Å². The summed E-state index contributed by atoms with van der Waals surface area (Å²) < 4.78 is 99.9. The molecule has 0 aromatic heterocycles. The van der Waals surface area contributed by atoms with Crippen molar-refractivity contribution in [3.05, 3.63) is 53.1 Å². The van der Waals surface area contributed by atoms with Crippen LogP contribution in [0.3, 0.4) is 0 Å². The minimum atomic E-state index is -5.24. The number of unbranched alkanes of at least 4 members (excludes halogenated alkanes) is 2. The van der Waals surface area contributed by atoms with Crippen molar-refractivity contribution in [3.63, 3.8) is 0 Å². The molecule has 3 rings (SSSR count). The molecule has 29 heavy (non-hydrogen) atoms. The third kappa shape index (κ3) is 4.51. The van der Waals surface area contributed by atoms with Crippen LogP contribution in [0.25, 0.3) is 11.1 Å². The summed E-state index contributed by atoms with van der Waals surface area (Å²) in [7, 11) is 0. The molecule has 1 heterocycles. The molecule has 1 atom stereocenters. The Labute approximate surface area is 163 Å². The van der Waals surface area contributed by atoms with Gasteiger partial charge in [-0.05, 0) is 48.2 Å². The molecule has 2 aromatic rings. The number of hydrogen-bond donors (Lipinski definition) is 0. The fourth-order valence-corrected chi connectivity index (χ4v) is 3.48. The minimum absolute atomic E-state index is 0.0382. The Hall–Kier alpha value is -2.25. The predicted octanol–water partition coefficient (Wildman–Crippen LogP) is 6.87. The monoisotopic (exact) mass is 420 g/mol. The lowest BCUT2D eigenvalue weighted by molar-refractivity contribution is -0.264. The summed E-state index contributed by atoms with van der Waals surface area (Å²) in [6, 6.07) is 5.63. The molecule has 1 nitrogen and oxygen atoms in total. The maximum atomic E-state index is 14.5. The molecule has 0 spiro atoms. The van der Waals surface area contributed by atoms with E-state index in [0.717, 1.165) is 37.5 Å². The largest absolute Gasteiger partial charge is 0.474 e. The van der Waals surface area contributed by atoms with Gasteiger partial charge in [-0.25, -0.2) is 17.6 Å². The molecule has 0 saturated carbocycles. The van der Waals surface area contributed by atoms with Crippen LogP contribution in [-0.2, 0) is 12.8 Å². The van der Waals surface area contributed by atoms with Crippen molar-refractivity contribution in [1.29, 1.82) is 0 Å². The number of benzene rings is 2. The quantitative estimate of drug-likeness (QED) is 0.379. The average molecular weight is 420 g/mol. The molecule has 1 unspecified atom stereocenters. The zero-order valence-electron chi connectivity index (χ0n) is 15.6. The first-order valence-electron chi connectivity index (χ1n) is 9.25. The lowest BCUT2D eigenvalue weighted by Gasteiger charge is -2.34. The van der Waals surface area contributed by atoms with Crippen molar-refractivity contribution in [2.24, 2.45) is 0 Å². The summed E-state index contributed by atoms with van der Waals surface area (Å²) >= 11 is 0. The second-order valence-corrected chi connectivity index (χ2v) is 7.19. The van der Waals surface area contributed by atoms with E-state index in [2.05, 4.69) is 4.74 Å². The number of rotatable bonds is 5. The standard InChI is InChI=1S/C21H19F7O/c1-2-3-4-5-12-8-15(22)18(16(23)9-12)13-6-7-17-14(10-13)11-20(24,25)19(29-17)21(26,27)28/h6-10,19H,2-5,11H2,1H3. The molecule has 2 aromatic carbocycles. The van der Waals surface area contributed by atoms with E-state index < -0.39 is 41.8 Å². The molecule has 0 amide bonds. The highest BCUT2D eigenvalue weighted by atomic mass is 19.4. The lowest BCUT2D eigenvalue weighted by Crippen LogP contribution is -2.52. The van der Waals surface area contributed by atoms with Crippen molar-refractivity contribution in [3.8, 4) is 16.9 Å².